The summed E-state index contributed by atoms with van der Waals surface area (Å²) >= 11 is 0. The maximum atomic E-state index is 12.2. The topological polar surface area (TPSA) is 56.0 Å². The van der Waals surface area contributed by atoms with Crippen LogP contribution in [-0.2, 0) is 6.54 Å². The molecule has 0 radical (unpaired) electrons. The van der Waals surface area contributed by atoms with E-state index in [1.165, 1.54) is 0 Å². The second kappa shape index (κ2) is 11.1. The lowest BCUT2D eigenvalue weighted by atomic mass is 9.95. The molecular formula is C26H27FN2O. The van der Waals surface area contributed by atoms with Crippen LogP contribution in [-0.4, -0.2) is 11.2 Å². The van der Waals surface area contributed by atoms with Crippen molar-refractivity contribution in [1.29, 1.82) is 5.26 Å². The molecule has 0 bridgehead atoms. The van der Waals surface area contributed by atoms with Crippen molar-refractivity contribution in [3.05, 3.63) is 90.0 Å². The Morgan fingerprint density at radius 3 is 1.83 bits per heavy atom. The standard InChI is InChI=1S/C23H19FN2.C3H8O/c1-16(2)23-13-21(11-12-22(23)14-25)20-9-7-19(8-10-20)18-5-3-17(4-6-18)15-26-24;1-3(2)4/h3-13,26H,1,15H2,2H3;3-4H,1-2H3. The molecule has 0 aliphatic rings. The number of rotatable bonds is 5. The Morgan fingerprint density at radius 1 is 0.967 bits per heavy atom. The Kier molecular flexibility index (Phi) is 8.49. The molecule has 0 aromatic heterocycles. The van der Waals surface area contributed by atoms with E-state index in [1.54, 1.807) is 19.4 Å². The average molecular weight is 403 g/mol. The molecule has 3 aromatic carbocycles. The third-order valence-corrected chi connectivity index (χ3v) is 4.38. The maximum absolute atomic E-state index is 12.2. The molecule has 0 amide bonds. The summed E-state index contributed by atoms with van der Waals surface area (Å²) < 4.78 is 12.2. The zero-order valence-corrected chi connectivity index (χ0v) is 17.6. The molecule has 3 rings (SSSR count). The molecular weight excluding hydrogens is 375 g/mol. The molecule has 0 unspecified atom stereocenters. The van der Waals surface area contributed by atoms with Crippen LogP contribution in [0.1, 0.15) is 37.5 Å². The smallest absolute Gasteiger partial charge is 0.0998 e. The highest BCUT2D eigenvalue weighted by Crippen LogP contribution is 2.28. The number of hydrogen-bond donors (Lipinski definition) is 2. The average Bonchev–Trinajstić information content (AvgIpc) is 2.74. The largest absolute Gasteiger partial charge is 0.394 e. The van der Waals surface area contributed by atoms with Crippen molar-refractivity contribution in [2.75, 3.05) is 0 Å². The summed E-state index contributed by atoms with van der Waals surface area (Å²) in [6, 6.07) is 24.1. The summed E-state index contributed by atoms with van der Waals surface area (Å²) in [5.74, 6) is 0. The highest BCUT2D eigenvalue weighted by Gasteiger charge is 2.06. The van der Waals surface area contributed by atoms with Gasteiger partial charge in [0.05, 0.1) is 18.2 Å². The first-order valence-electron chi connectivity index (χ1n) is 9.77. The van der Waals surface area contributed by atoms with E-state index in [0.29, 0.717) is 5.56 Å². The first kappa shape index (κ1) is 23.0. The molecule has 2 N–H and O–H groups in total. The van der Waals surface area contributed by atoms with E-state index in [9.17, 15) is 9.74 Å². The van der Waals surface area contributed by atoms with Crippen molar-refractivity contribution >= 4 is 5.57 Å². The minimum Gasteiger partial charge on any atom is -0.394 e. The molecule has 0 heterocycles. The van der Waals surface area contributed by atoms with Gasteiger partial charge in [-0.25, -0.2) is 0 Å². The van der Waals surface area contributed by atoms with E-state index in [-0.39, 0.29) is 12.6 Å². The van der Waals surface area contributed by atoms with Crippen LogP contribution in [0, 0.1) is 11.3 Å². The minimum absolute atomic E-state index is 0.167. The van der Waals surface area contributed by atoms with Gasteiger partial charge in [0, 0.05) is 6.10 Å². The third kappa shape index (κ3) is 6.38. The van der Waals surface area contributed by atoms with Crippen LogP contribution in [0.3, 0.4) is 0 Å². The highest BCUT2D eigenvalue weighted by atomic mass is 19.2. The summed E-state index contributed by atoms with van der Waals surface area (Å²) in [5, 5.41) is 17.3. The zero-order valence-electron chi connectivity index (χ0n) is 17.6. The number of nitrogens with zero attached hydrogens (tertiary/aromatic N) is 1. The lowest BCUT2D eigenvalue weighted by molar-refractivity contribution is 0.216. The van der Waals surface area contributed by atoms with Crippen LogP contribution in [0.5, 0.6) is 0 Å². The lowest BCUT2D eigenvalue weighted by Gasteiger charge is -2.09. The molecule has 0 spiro atoms. The van der Waals surface area contributed by atoms with Crippen molar-refractivity contribution in [3.8, 4) is 28.3 Å². The van der Waals surface area contributed by atoms with Crippen molar-refractivity contribution in [2.24, 2.45) is 0 Å². The van der Waals surface area contributed by atoms with Crippen molar-refractivity contribution < 1.29 is 9.59 Å². The van der Waals surface area contributed by atoms with Gasteiger partial charge < -0.3 is 5.11 Å². The molecule has 0 saturated heterocycles. The van der Waals surface area contributed by atoms with E-state index < -0.39 is 0 Å². The summed E-state index contributed by atoms with van der Waals surface area (Å²) in [6.07, 6.45) is -0.167. The molecule has 0 fully saturated rings. The monoisotopic (exact) mass is 402 g/mol. The van der Waals surface area contributed by atoms with Gasteiger partial charge in [0.1, 0.15) is 0 Å². The van der Waals surface area contributed by atoms with Gasteiger partial charge in [0.2, 0.25) is 0 Å². The van der Waals surface area contributed by atoms with Gasteiger partial charge >= 0.3 is 0 Å². The maximum Gasteiger partial charge on any atom is 0.0998 e. The van der Waals surface area contributed by atoms with Crippen LogP contribution >= 0.6 is 0 Å². The molecule has 0 aliphatic carbocycles. The number of halogens is 1. The zero-order chi connectivity index (χ0) is 22.1. The summed E-state index contributed by atoms with van der Waals surface area (Å²) in [7, 11) is 0. The Labute approximate surface area is 178 Å². The Hall–Kier alpha value is -3.26. The van der Waals surface area contributed by atoms with Crippen molar-refractivity contribution in [2.45, 2.75) is 33.4 Å². The predicted octanol–water partition coefficient (Wildman–Crippen LogP) is 6.29. The number of benzene rings is 3. The lowest BCUT2D eigenvalue weighted by Crippen LogP contribution is -1.98. The van der Waals surface area contributed by atoms with Gasteiger partial charge in [-0.3, -0.25) is 0 Å². The van der Waals surface area contributed by atoms with Gasteiger partial charge in [-0.1, -0.05) is 61.2 Å². The number of aliphatic hydroxyl groups is 1. The highest BCUT2D eigenvalue weighted by molar-refractivity contribution is 5.76. The SMILES string of the molecule is C=C(C)c1cc(-c2ccc(-c3ccc(CNF)cc3)cc2)ccc1C#N.CC(C)O. The molecule has 0 saturated carbocycles. The molecule has 4 heteroatoms. The Balaban J connectivity index is 0.000000735. The molecule has 154 valence electrons. The summed E-state index contributed by atoms with van der Waals surface area (Å²) in [6.45, 7) is 9.53. The number of nitriles is 1. The minimum atomic E-state index is -0.167. The third-order valence-electron chi connectivity index (χ3n) is 4.38. The van der Waals surface area contributed by atoms with Gasteiger partial charge in [0.25, 0.3) is 0 Å². The fourth-order valence-electron chi connectivity index (χ4n) is 2.92. The van der Waals surface area contributed by atoms with Gasteiger partial charge in [-0.05, 0) is 71.9 Å². The van der Waals surface area contributed by atoms with E-state index in [2.05, 4.69) is 36.9 Å². The molecule has 3 nitrogen and oxygen atoms in total. The van der Waals surface area contributed by atoms with E-state index in [4.69, 9.17) is 5.11 Å². The fraction of sp³-hybridized carbons (Fsp3) is 0.192. The first-order chi connectivity index (χ1) is 14.3. The van der Waals surface area contributed by atoms with Crippen LogP contribution in [0.2, 0.25) is 0 Å². The second-order valence-electron chi connectivity index (χ2n) is 7.33. The van der Waals surface area contributed by atoms with Gasteiger partial charge in [0.15, 0.2) is 0 Å². The quantitative estimate of drug-likeness (QED) is 0.493. The number of aliphatic hydroxyl groups excluding tert-OH is 1. The molecule has 0 aliphatic heterocycles. The van der Waals surface area contributed by atoms with Crippen LogP contribution in [0.15, 0.2) is 73.3 Å². The molecule has 3 aromatic rings. The van der Waals surface area contributed by atoms with Crippen LogP contribution in [0.4, 0.5) is 4.48 Å². The van der Waals surface area contributed by atoms with Crippen LogP contribution < -0.4 is 5.54 Å². The number of hydrogen-bond acceptors (Lipinski definition) is 3. The van der Waals surface area contributed by atoms with E-state index in [1.807, 2.05) is 49.4 Å². The summed E-state index contributed by atoms with van der Waals surface area (Å²) in [5.41, 5.74) is 9.28. The Bertz CT molecular complexity index is 1010. The Morgan fingerprint density at radius 2 is 1.40 bits per heavy atom. The molecule has 0 atom stereocenters. The van der Waals surface area contributed by atoms with Gasteiger partial charge in [-0.2, -0.15) is 10.8 Å². The number of allylic oxidation sites excluding steroid dienone is 1. The van der Waals surface area contributed by atoms with Crippen molar-refractivity contribution in [1.82, 2.24) is 5.54 Å². The second-order valence-corrected chi connectivity index (χ2v) is 7.33. The van der Waals surface area contributed by atoms with E-state index >= 15 is 0 Å². The predicted molar refractivity (Wildman–Crippen MR) is 122 cm³/mol. The summed E-state index contributed by atoms with van der Waals surface area (Å²) in [4.78, 5) is 0. The van der Waals surface area contributed by atoms with Crippen molar-refractivity contribution in [3.63, 3.8) is 0 Å². The molecule has 30 heavy (non-hydrogen) atoms. The fourth-order valence-corrected chi connectivity index (χ4v) is 2.92. The van der Waals surface area contributed by atoms with Crippen LogP contribution in [0.25, 0.3) is 27.8 Å². The first-order valence-corrected chi connectivity index (χ1v) is 9.77. The normalized spacial score (nSPS) is 10.2. The number of nitrogens with one attached hydrogen (secondary N) is 1. The van der Waals surface area contributed by atoms with E-state index in [0.717, 1.165) is 39.0 Å². The van der Waals surface area contributed by atoms with Gasteiger partial charge in [-0.15, -0.1) is 4.48 Å².